The summed E-state index contributed by atoms with van der Waals surface area (Å²) in [4.78, 5) is 32.0. The first-order valence-electron chi connectivity index (χ1n) is 9.00. The summed E-state index contributed by atoms with van der Waals surface area (Å²) >= 11 is 1.47. The highest BCUT2D eigenvalue weighted by Crippen LogP contribution is 2.41. The summed E-state index contributed by atoms with van der Waals surface area (Å²) in [5.41, 5.74) is 0.682. The molecule has 0 unspecified atom stereocenters. The first kappa shape index (κ1) is 18.2. The molecule has 2 aromatic heterocycles. The maximum absolute atomic E-state index is 12.8. The summed E-state index contributed by atoms with van der Waals surface area (Å²) in [6.07, 6.45) is 5.97. The molecule has 3 aromatic rings. The predicted molar refractivity (Wildman–Crippen MR) is 107 cm³/mol. The van der Waals surface area contributed by atoms with Gasteiger partial charge in [-0.1, -0.05) is 36.4 Å². The lowest BCUT2D eigenvalue weighted by Crippen LogP contribution is -2.31. The van der Waals surface area contributed by atoms with Crippen LogP contribution in [0.4, 0.5) is 0 Å². The Morgan fingerprint density at radius 1 is 1.11 bits per heavy atom. The molecule has 7 heteroatoms. The Bertz CT molecular complexity index is 995. The number of aliphatic hydroxyl groups is 1. The van der Waals surface area contributed by atoms with Gasteiger partial charge in [0.1, 0.15) is 5.76 Å². The summed E-state index contributed by atoms with van der Waals surface area (Å²) in [5, 5.41) is 12.7. The molecule has 0 saturated carbocycles. The van der Waals surface area contributed by atoms with Crippen LogP contribution in [0.25, 0.3) is 5.76 Å². The third-order valence-electron chi connectivity index (χ3n) is 4.77. The number of nitrogens with zero attached hydrogens (tertiary/aromatic N) is 3. The Balaban J connectivity index is 1.68. The number of hydrogen-bond acceptors (Lipinski definition) is 5. The van der Waals surface area contributed by atoms with Crippen LogP contribution in [0.3, 0.4) is 0 Å². The number of amides is 1. The number of aromatic nitrogens is 2. The molecular formula is C21H19N3O3S. The minimum absolute atomic E-state index is 0.130. The van der Waals surface area contributed by atoms with E-state index in [1.807, 2.05) is 34.3 Å². The molecule has 0 aliphatic carbocycles. The van der Waals surface area contributed by atoms with E-state index in [0.29, 0.717) is 25.1 Å². The summed E-state index contributed by atoms with van der Waals surface area (Å²) in [5.74, 6) is -1.33. The van der Waals surface area contributed by atoms with Crippen molar-refractivity contribution in [3.8, 4) is 0 Å². The highest BCUT2D eigenvalue weighted by Gasteiger charge is 2.46. The lowest BCUT2D eigenvalue weighted by atomic mass is 10.00. The fourth-order valence-electron chi connectivity index (χ4n) is 3.45. The SMILES string of the molecule is O=C1C(=O)N(CCCn2ccnc2)[C@@H](c2cccs2)/C1=C(\O)c1ccccc1. The van der Waals surface area contributed by atoms with Crippen molar-refractivity contribution < 1.29 is 14.7 Å². The monoisotopic (exact) mass is 393 g/mol. The Hall–Kier alpha value is -3.19. The van der Waals surface area contributed by atoms with Gasteiger partial charge in [-0.2, -0.15) is 0 Å². The van der Waals surface area contributed by atoms with Crippen LogP contribution in [0.2, 0.25) is 0 Å². The lowest BCUT2D eigenvalue weighted by Gasteiger charge is -2.24. The summed E-state index contributed by atoms with van der Waals surface area (Å²) < 4.78 is 1.93. The van der Waals surface area contributed by atoms with Crippen LogP contribution >= 0.6 is 11.3 Å². The lowest BCUT2D eigenvalue weighted by molar-refractivity contribution is -0.139. The number of carbonyl (C=O) groups excluding carboxylic acids is 2. The smallest absolute Gasteiger partial charge is 0.295 e. The van der Waals surface area contributed by atoms with E-state index in [0.717, 1.165) is 4.88 Å². The number of thiophene rings is 1. The Morgan fingerprint density at radius 2 is 1.93 bits per heavy atom. The average Bonchev–Trinajstić information content (AvgIpc) is 3.46. The van der Waals surface area contributed by atoms with Crippen LogP contribution in [0, 0.1) is 0 Å². The maximum atomic E-state index is 12.8. The van der Waals surface area contributed by atoms with E-state index < -0.39 is 17.7 Å². The van der Waals surface area contributed by atoms with Crippen molar-refractivity contribution in [1.29, 1.82) is 0 Å². The number of likely N-dealkylation sites (tertiary alicyclic amines) is 1. The first-order valence-corrected chi connectivity index (χ1v) is 9.88. The second-order valence-corrected chi connectivity index (χ2v) is 7.51. The molecule has 6 nitrogen and oxygen atoms in total. The average molecular weight is 393 g/mol. The molecule has 28 heavy (non-hydrogen) atoms. The van der Waals surface area contributed by atoms with Gasteiger partial charge in [-0.05, 0) is 17.9 Å². The molecule has 1 atom stereocenters. The molecule has 0 bridgehead atoms. The van der Waals surface area contributed by atoms with Gasteiger partial charge in [0.2, 0.25) is 0 Å². The third kappa shape index (κ3) is 3.36. The van der Waals surface area contributed by atoms with Crippen molar-refractivity contribution >= 4 is 28.8 Å². The van der Waals surface area contributed by atoms with Crippen molar-refractivity contribution in [1.82, 2.24) is 14.5 Å². The molecule has 0 radical (unpaired) electrons. The Kier molecular flexibility index (Phi) is 5.08. The van der Waals surface area contributed by atoms with E-state index in [2.05, 4.69) is 4.98 Å². The fourth-order valence-corrected chi connectivity index (χ4v) is 4.29. The van der Waals surface area contributed by atoms with Gasteiger partial charge in [0, 0.05) is 35.9 Å². The topological polar surface area (TPSA) is 75.4 Å². The zero-order valence-corrected chi connectivity index (χ0v) is 15.9. The molecule has 142 valence electrons. The van der Waals surface area contributed by atoms with Gasteiger partial charge in [-0.3, -0.25) is 9.59 Å². The molecule has 3 heterocycles. The second kappa shape index (κ2) is 7.82. The minimum atomic E-state index is -0.637. The predicted octanol–water partition coefficient (Wildman–Crippen LogP) is 3.46. The highest BCUT2D eigenvalue weighted by atomic mass is 32.1. The number of aryl methyl sites for hydroxylation is 1. The van der Waals surface area contributed by atoms with E-state index >= 15 is 0 Å². The molecule has 1 saturated heterocycles. The number of Topliss-reactive ketones (excluding diaryl/α,β-unsaturated/α-hetero) is 1. The number of ketones is 1. The van der Waals surface area contributed by atoms with Gasteiger partial charge < -0.3 is 14.6 Å². The van der Waals surface area contributed by atoms with E-state index in [4.69, 9.17) is 0 Å². The molecular weight excluding hydrogens is 374 g/mol. The van der Waals surface area contributed by atoms with Gasteiger partial charge >= 0.3 is 0 Å². The Labute approximate surface area is 166 Å². The van der Waals surface area contributed by atoms with Gasteiger partial charge in [0.25, 0.3) is 11.7 Å². The van der Waals surface area contributed by atoms with E-state index in [9.17, 15) is 14.7 Å². The van der Waals surface area contributed by atoms with Crippen LogP contribution in [0.1, 0.15) is 22.9 Å². The van der Waals surface area contributed by atoms with Crippen molar-refractivity contribution in [3.63, 3.8) is 0 Å². The van der Waals surface area contributed by atoms with Gasteiger partial charge in [-0.15, -0.1) is 11.3 Å². The standard InChI is InChI=1S/C21H19N3O3S/c25-19(15-6-2-1-3-7-15)17-18(16-8-4-13-28-16)24(21(27)20(17)26)11-5-10-23-12-9-22-14-23/h1-4,6-9,12-14,18,25H,5,10-11H2/b19-17+/t18-/m0/s1. The number of aliphatic hydroxyl groups excluding tert-OH is 1. The van der Waals surface area contributed by atoms with Gasteiger partial charge in [0.15, 0.2) is 0 Å². The number of benzene rings is 1. The van der Waals surface area contributed by atoms with Crippen molar-refractivity contribution in [2.45, 2.75) is 19.0 Å². The molecule has 1 N–H and O–H groups in total. The van der Waals surface area contributed by atoms with Crippen LogP contribution in [-0.2, 0) is 16.1 Å². The van der Waals surface area contributed by atoms with Crippen LogP contribution < -0.4 is 0 Å². The van der Waals surface area contributed by atoms with Gasteiger partial charge in [0.05, 0.1) is 17.9 Å². The summed E-state index contributed by atoms with van der Waals surface area (Å²) in [6, 6.07) is 12.1. The molecule has 1 fully saturated rings. The van der Waals surface area contributed by atoms with Crippen molar-refractivity contribution in [2.75, 3.05) is 6.54 Å². The Morgan fingerprint density at radius 3 is 2.61 bits per heavy atom. The molecule has 0 spiro atoms. The quantitative estimate of drug-likeness (QED) is 0.395. The number of carbonyl (C=O) groups is 2. The highest BCUT2D eigenvalue weighted by molar-refractivity contribution is 7.10. The fraction of sp³-hybridized carbons (Fsp3) is 0.190. The maximum Gasteiger partial charge on any atom is 0.295 e. The minimum Gasteiger partial charge on any atom is -0.507 e. The molecule has 1 aromatic carbocycles. The first-order chi connectivity index (χ1) is 13.7. The number of imidazole rings is 1. The largest absolute Gasteiger partial charge is 0.507 e. The summed E-state index contributed by atoms with van der Waals surface area (Å²) in [6.45, 7) is 1.11. The molecule has 1 amide bonds. The van der Waals surface area contributed by atoms with Crippen LogP contribution in [0.5, 0.6) is 0 Å². The zero-order chi connectivity index (χ0) is 19.5. The van der Waals surface area contributed by atoms with E-state index in [1.165, 1.54) is 11.3 Å². The number of hydrogen-bond donors (Lipinski definition) is 1. The molecule has 4 rings (SSSR count). The van der Waals surface area contributed by atoms with E-state index in [-0.39, 0.29) is 11.3 Å². The zero-order valence-electron chi connectivity index (χ0n) is 15.1. The molecule has 1 aliphatic heterocycles. The van der Waals surface area contributed by atoms with Crippen LogP contribution in [-0.4, -0.2) is 37.8 Å². The van der Waals surface area contributed by atoms with Crippen LogP contribution in [0.15, 0.2) is 72.1 Å². The third-order valence-corrected chi connectivity index (χ3v) is 5.70. The second-order valence-electron chi connectivity index (χ2n) is 6.53. The van der Waals surface area contributed by atoms with Gasteiger partial charge in [-0.25, -0.2) is 4.98 Å². The molecule has 1 aliphatic rings. The van der Waals surface area contributed by atoms with E-state index in [1.54, 1.807) is 41.7 Å². The normalized spacial score (nSPS) is 18.7. The number of rotatable bonds is 6. The van der Waals surface area contributed by atoms with Crippen molar-refractivity contribution in [2.24, 2.45) is 0 Å². The summed E-state index contributed by atoms with van der Waals surface area (Å²) in [7, 11) is 0. The van der Waals surface area contributed by atoms with Crippen molar-refractivity contribution in [3.05, 3.63) is 82.6 Å².